The molecule has 0 spiro atoms. The van der Waals surface area contributed by atoms with Gasteiger partial charge in [-0.1, -0.05) is 67.1 Å². The Morgan fingerprint density at radius 1 is 1.00 bits per heavy atom. The van der Waals surface area contributed by atoms with Gasteiger partial charge >= 0.3 is 5.69 Å². The highest BCUT2D eigenvalue weighted by atomic mass is 16.2. The van der Waals surface area contributed by atoms with E-state index in [0.29, 0.717) is 35.8 Å². The molecule has 0 saturated carbocycles. The maximum atomic E-state index is 13.8. The normalized spacial score (nSPS) is 16.3. The van der Waals surface area contributed by atoms with Gasteiger partial charge in [0.05, 0.1) is 13.1 Å². The molecule has 1 saturated heterocycles. The Balaban J connectivity index is 1.69. The van der Waals surface area contributed by atoms with Crippen molar-refractivity contribution in [3.63, 3.8) is 0 Å². The first kappa shape index (κ1) is 23.7. The van der Waals surface area contributed by atoms with Crippen molar-refractivity contribution >= 4 is 22.9 Å². The van der Waals surface area contributed by atoms with Crippen molar-refractivity contribution in [1.29, 1.82) is 0 Å². The highest BCUT2D eigenvalue weighted by Crippen LogP contribution is 2.24. The number of benzene rings is 2. The molecule has 9 heteroatoms. The maximum absolute atomic E-state index is 13.8. The molecule has 0 amide bonds. The van der Waals surface area contributed by atoms with Gasteiger partial charge in [0.25, 0.3) is 5.56 Å². The molecule has 0 bridgehead atoms. The van der Waals surface area contributed by atoms with Crippen molar-refractivity contribution in [1.82, 2.24) is 18.7 Å². The number of hydrogen-bond donors (Lipinski definition) is 1. The summed E-state index contributed by atoms with van der Waals surface area (Å²) in [6.45, 7) is 1.44. The van der Waals surface area contributed by atoms with Gasteiger partial charge in [-0.05, 0) is 18.4 Å². The van der Waals surface area contributed by atoms with Crippen LogP contribution >= 0.6 is 0 Å². The smallest absolute Gasteiger partial charge is 0.332 e. The Morgan fingerprint density at radius 3 is 2.42 bits per heavy atom. The van der Waals surface area contributed by atoms with Crippen molar-refractivity contribution in [2.24, 2.45) is 12.8 Å². The average molecular weight is 487 g/mol. The molecule has 1 unspecified atom stereocenters. The maximum Gasteiger partial charge on any atom is 0.332 e. The van der Waals surface area contributed by atoms with Crippen LogP contribution in [0.5, 0.6) is 0 Å². The quantitative estimate of drug-likeness (QED) is 0.419. The van der Waals surface area contributed by atoms with Crippen molar-refractivity contribution in [2.75, 3.05) is 18.0 Å². The van der Waals surface area contributed by atoms with Gasteiger partial charge in [0, 0.05) is 31.7 Å². The summed E-state index contributed by atoms with van der Waals surface area (Å²) >= 11 is 0. The van der Waals surface area contributed by atoms with E-state index < -0.39 is 11.2 Å². The highest BCUT2D eigenvalue weighted by Gasteiger charge is 2.26. The Labute approximate surface area is 208 Å². The minimum absolute atomic E-state index is 0.00135. The Morgan fingerprint density at radius 2 is 1.69 bits per heavy atom. The van der Waals surface area contributed by atoms with Gasteiger partial charge in [0.15, 0.2) is 16.9 Å². The molecule has 2 aromatic carbocycles. The lowest BCUT2D eigenvalue weighted by atomic mass is 10.1. The molecule has 1 aliphatic heterocycles. The monoisotopic (exact) mass is 486 g/mol. The van der Waals surface area contributed by atoms with Crippen LogP contribution in [0.1, 0.15) is 35.2 Å². The predicted octanol–water partition coefficient (Wildman–Crippen LogP) is 2.15. The molecular formula is C27H30N6O3. The number of nitrogens with zero attached hydrogens (tertiary/aromatic N) is 5. The molecule has 2 N–H and O–H groups in total. The second-order valence-electron chi connectivity index (χ2n) is 9.38. The molecule has 0 aliphatic carbocycles. The van der Waals surface area contributed by atoms with Crippen LogP contribution in [-0.2, 0) is 20.1 Å². The van der Waals surface area contributed by atoms with Gasteiger partial charge in [-0.15, -0.1) is 0 Å². The molecule has 5 rings (SSSR count). The minimum Gasteiger partial charge on any atom is -0.341 e. The fourth-order valence-corrected chi connectivity index (χ4v) is 4.87. The number of anilines is 1. The van der Waals surface area contributed by atoms with E-state index in [2.05, 4.69) is 4.90 Å². The summed E-state index contributed by atoms with van der Waals surface area (Å²) in [7, 11) is 1.59. The van der Waals surface area contributed by atoms with Gasteiger partial charge in [-0.25, -0.2) is 4.79 Å². The van der Waals surface area contributed by atoms with Crippen LogP contribution in [0.2, 0.25) is 0 Å². The number of fused-ring (bicyclic) bond motifs is 1. The summed E-state index contributed by atoms with van der Waals surface area (Å²) in [6.07, 6.45) is 2.93. The second-order valence-corrected chi connectivity index (χ2v) is 9.38. The largest absolute Gasteiger partial charge is 0.341 e. The summed E-state index contributed by atoms with van der Waals surface area (Å²) in [4.78, 5) is 46.9. The fourth-order valence-electron chi connectivity index (χ4n) is 4.87. The molecule has 186 valence electrons. The van der Waals surface area contributed by atoms with Gasteiger partial charge in [-0.2, -0.15) is 4.98 Å². The van der Waals surface area contributed by atoms with Gasteiger partial charge in [0.2, 0.25) is 5.95 Å². The number of rotatable bonds is 6. The highest BCUT2D eigenvalue weighted by molar-refractivity contribution is 5.95. The third kappa shape index (κ3) is 4.49. The minimum atomic E-state index is -0.569. The zero-order valence-electron chi connectivity index (χ0n) is 20.3. The van der Waals surface area contributed by atoms with E-state index in [1.807, 2.05) is 41.0 Å². The molecule has 36 heavy (non-hydrogen) atoms. The van der Waals surface area contributed by atoms with E-state index >= 15 is 0 Å². The zero-order chi connectivity index (χ0) is 25.2. The Bertz CT molecular complexity index is 1500. The number of hydrogen-bond acceptors (Lipinski definition) is 6. The van der Waals surface area contributed by atoms with E-state index in [4.69, 9.17) is 10.7 Å². The summed E-state index contributed by atoms with van der Waals surface area (Å²) in [5.41, 5.74) is 7.30. The number of imidazole rings is 1. The number of carbonyl (C=O) groups is 1. The first-order valence-electron chi connectivity index (χ1n) is 12.3. The standard InChI is InChI=1S/C27H30N6O3/c1-30-24-23(25(35)33(27(30)36)18-22(34)20-12-6-3-7-13-20)32(16-19-10-4-2-5-11-19)26(29-24)31-15-9-8-14-21(28)17-31/h2-7,10-13,21H,8-9,14-18,28H2,1H3. The molecule has 1 atom stereocenters. The van der Waals surface area contributed by atoms with E-state index in [0.717, 1.165) is 35.9 Å². The van der Waals surface area contributed by atoms with Crippen LogP contribution in [0.15, 0.2) is 70.3 Å². The van der Waals surface area contributed by atoms with Crippen LogP contribution in [-0.4, -0.2) is 43.6 Å². The van der Waals surface area contributed by atoms with Crippen LogP contribution < -0.4 is 21.9 Å². The molecule has 0 radical (unpaired) electrons. The summed E-state index contributed by atoms with van der Waals surface area (Å²) in [5.74, 6) is 0.312. The van der Waals surface area contributed by atoms with Crippen LogP contribution in [0, 0.1) is 0 Å². The number of aryl methyl sites for hydroxylation is 1. The zero-order valence-corrected chi connectivity index (χ0v) is 20.3. The molecule has 9 nitrogen and oxygen atoms in total. The first-order valence-corrected chi connectivity index (χ1v) is 12.3. The van der Waals surface area contributed by atoms with Gasteiger partial charge < -0.3 is 10.6 Å². The average Bonchev–Trinajstić information content (AvgIpc) is 3.13. The van der Waals surface area contributed by atoms with Crippen molar-refractivity contribution < 1.29 is 4.79 Å². The topological polar surface area (TPSA) is 108 Å². The molecule has 2 aromatic heterocycles. The number of aromatic nitrogens is 4. The van der Waals surface area contributed by atoms with Gasteiger partial charge in [-0.3, -0.25) is 23.3 Å². The predicted molar refractivity (Wildman–Crippen MR) is 140 cm³/mol. The molecule has 3 heterocycles. The van der Waals surface area contributed by atoms with Crippen molar-refractivity contribution in [2.45, 2.75) is 38.4 Å². The number of carbonyl (C=O) groups excluding carboxylic acids is 1. The number of Topliss-reactive ketones (excluding diaryl/α,β-unsaturated/α-hetero) is 1. The van der Waals surface area contributed by atoms with Crippen LogP contribution in [0.4, 0.5) is 5.95 Å². The molecule has 4 aromatic rings. The van der Waals surface area contributed by atoms with Crippen molar-refractivity contribution in [3.05, 3.63) is 92.6 Å². The number of nitrogens with two attached hydrogens (primary N) is 1. The lowest BCUT2D eigenvalue weighted by molar-refractivity contribution is 0.0969. The number of ketones is 1. The fraction of sp³-hybridized carbons (Fsp3) is 0.333. The first-order chi connectivity index (χ1) is 17.4. The van der Waals surface area contributed by atoms with Crippen LogP contribution in [0.3, 0.4) is 0 Å². The lowest BCUT2D eigenvalue weighted by Crippen LogP contribution is -2.41. The SMILES string of the molecule is Cn1c(=O)n(CC(=O)c2ccccc2)c(=O)c2c1nc(N1CCCCC(N)C1)n2Cc1ccccc1. The van der Waals surface area contributed by atoms with Crippen LogP contribution in [0.25, 0.3) is 11.2 Å². The van der Waals surface area contributed by atoms with E-state index in [1.54, 1.807) is 31.3 Å². The van der Waals surface area contributed by atoms with E-state index in [1.165, 1.54) is 4.57 Å². The molecule has 1 aliphatic rings. The molecule has 1 fully saturated rings. The second kappa shape index (κ2) is 9.94. The summed E-state index contributed by atoms with van der Waals surface area (Å²) in [6, 6.07) is 18.5. The van der Waals surface area contributed by atoms with E-state index in [9.17, 15) is 14.4 Å². The Kier molecular flexibility index (Phi) is 6.56. The third-order valence-corrected chi connectivity index (χ3v) is 6.78. The lowest BCUT2D eigenvalue weighted by Gasteiger charge is -2.24. The summed E-state index contributed by atoms with van der Waals surface area (Å²) < 4.78 is 4.24. The summed E-state index contributed by atoms with van der Waals surface area (Å²) in [5, 5.41) is 0. The Hall–Kier alpha value is -3.98. The van der Waals surface area contributed by atoms with Crippen molar-refractivity contribution in [3.8, 4) is 0 Å². The third-order valence-electron chi connectivity index (χ3n) is 6.78. The van der Waals surface area contributed by atoms with Gasteiger partial charge in [0.1, 0.15) is 0 Å². The molecular weight excluding hydrogens is 456 g/mol. The van der Waals surface area contributed by atoms with E-state index in [-0.39, 0.29) is 18.4 Å².